The van der Waals surface area contributed by atoms with Crippen molar-refractivity contribution in [2.75, 3.05) is 5.32 Å². The molecule has 1 N–H and O–H groups in total. The lowest BCUT2D eigenvalue weighted by Gasteiger charge is -2.24. The number of nitrogens with one attached hydrogen (secondary N) is 1. The molecule has 2 rings (SSSR count). The summed E-state index contributed by atoms with van der Waals surface area (Å²) in [6, 6.07) is 8.56. The molecule has 2 aromatic carbocycles. The number of aryl methyl sites for hydroxylation is 2. The van der Waals surface area contributed by atoms with Crippen LogP contribution in [0.1, 0.15) is 59.5 Å². The van der Waals surface area contributed by atoms with Gasteiger partial charge in [-0.2, -0.15) is 0 Å². The first kappa shape index (κ1) is 20.0. The summed E-state index contributed by atoms with van der Waals surface area (Å²) in [6.45, 7) is 11.0. The summed E-state index contributed by atoms with van der Waals surface area (Å²) in [7, 11) is 0. The lowest BCUT2D eigenvalue weighted by Crippen LogP contribution is -2.24. The predicted molar refractivity (Wildman–Crippen MR) is 106 cm³/mol. The smallest absolute Gasteiger partial charge is 0.255 e. The maximum Gasteiger partial charge on any atom is 0.255 e. The molecule has 0 fully saturated rings. The zero-order chi connectivity index (χ0) is 19.6. The molecule has 26 heavy (non-hydrogen) atoms. The molecule has 0 saturated heterocycles. The van der Waals surface area contributed by atoms with Gasteiger partial charge >= 0.3 is 0 Å². The normalized spacial score (nSPS) is 11.2. The van der Waals surface area contributed by atoms with Crippen molar-refractivity contribution < 1.29 is 14.3 Å². The van der Waals surface area contributed by atoms with Crippen molar-refractivity contribution in [2.45, 2.75) is 47.1 Å². The number of Topliss-reactive ketones (excluding diaryl/α,β-unsaturated/α-hetero) is 1. The van der Waals surface area contributed by atoms with Crippen molar-refractivity contribution in [1.82, 2.24) is 0 Å². The van der Waals surface area contributed by atoms with E-state index in [2.05, 4.69) is 5.32 Å². The van der Waals surface area contributed by atoms with Gasteiger partial charge in [0.2, 0.25) is 0 Å². The van der Waals surface area contributed by atoms with Crippen molar-refractivity contribution in [3.63, 3.8) is 0 Å². The maximum atomic E-state index is 12.6. The van der Waals surface area contributed by atoms with Crippen molar-refractivity contribution in [3.05, 3.63) is 57.6 Å². The average molecular weight is 374 g/mol. The molecule has 0 atom stereocenters. The summed E-state index contributed by atoms with van der Waals surface area (Å²) in [6.07, 6.45) is 0. The van der Waals surface area contributed by atoms with Crippen LogP contribution in [0, 0.1) is 13.8 Å². The number of ketones is 1. The van der Waals surface area contributed by atoms with Gasteiger partial charge in [0.25, 0.3) is 5.91 Å². The zero-order valence-corrected chi connectivity index (χ0v) is 16.7. The lowest BCUT2D eigenvalue weighted by molar-refractivity contribution is 0.101. The van der Waals surface area contributed by atoms with Gasteiger partial charge in [0.15, 0.2) is 5.78 Å². The molecule has 138 valence electrons. The Balaban J connectivity index is 2.25. The minimum Gasteiger partial charge on any atom is -0.486 e. The number of anilines is 1. The van der Waals surface area contributed by atoms with Gasteiger partial charge in [-0.05, 0) is 83.0 Å². The molecule has 0 aromatic heterocycles. The number of carbonyl (C=O) groups is 2. The lowest BCUT2D eigenvalue weighted by atomic mass is 10.0. The van der Waals surface area contributed by atoms with E-state index in [0.717, 1.165) is 11.1 Å². The number of rotatable bonds is 4. The van der Waals surface area contributed by atoms with Crippen molar-refractivity contribution in [3.8, 4) is 5.75 Å². The minimum absolute atomic E-state index is 0.00257. The number of halogens is 1. The predicted octanol–water partition coefficient (Wildman–Crippen LogP) is 5.59. The Bertz CT molecular complexity index is 843. The van der Waals surface area contributed by atoms with Crippen LogP contribution in [0.15, 0.2) is 30.3 Å². The highest BCUT2D eigenvalue weighted by molar-refractivity contribution is 6.32. The zero-order valence-electron chi connectivity index (χ0n) is 16.0. The second kappa shape index (κ2) is 7.50. The van der Waals surface area contributed by atoms with E-state index in [4.69, 9.17) is 16.3 Å². The van der Waals surface area contributed by atoms with Gasteiger partial charge in [0, 0.05) is 16.8 Å². The molecule has 0 saturated carbocycles. The molecule has 0 radical (unpaired) electrons. The molecule has 2 aromatic rings. The van der Waals surface area contributed by atoms with Gasteiger partial charge in [0.1, 0.15) is 11.4 Å². The van der Waals surface area contributed by atoms with Gasteiger partial charge in [0.05, 0.1) is 5.02 Å². The van der Waals surface area contributed by atoms with Crippen molar-refractivity contribution in [2.24, 2.45) is 0 Å². The topological polar surface area (TPSA) is 55.4 Å². The highest BCUT2D eigenvalue weighted by Crippen LogP contribution is 2.33. The van der Waals surface area contributed by atoms with Crippen LogP contribution in [0.3, 0.4) is 0 Å². The number of hydrogen-bond acceptors (Lipinski definition) is 3. The van der Waals surface area contributed by atoms with Crippen LogP contribution in [0.2, 0.25) is 5.02 Å². The van der Waals surface area contributed by atoms with Crippen molar-refractivity contribution in [1.29, 1.82) is 0 Å². The molecule has 5 heteroatoms. The Morgan fingerprint density at radius 3 is 2.19 bits per heavy atom. The summed E-state index contributed by atoms with van der Waals surface area (Å²) in [5.41, 5.74) is 2.95. The molecule has 0 aliphatic heterocycles. The molecule has 0 spiro atoms. The molecule has 0 aliphatic rings. The van der Waals surface area contributed by atoms with Crippen LogP contribution in [-0.2, 0) is 0 Å². The van der Waals surface area contributed by atoms with E-state index in [-0.39, 0.29) is 17.3 Å². The molecule has 4 nitrogen and oxygen atoms in total. The number of carbonyl (C=O) groups excluding carboxylic acids is 2. The van der Waals surface area contributed by atoms with Crippen LogP contribution in [0.4, 0.5) is 5.69 Å². The Morgan fingerprint density at radius 2 is 1.69 bits per heavy atom. The van der Waals surface area contributed by atoms with Gasteiger partial charge < -0.3 is 10.1 Å². The second-order valence-corrected chi connectivity index (χ2v) is 7.77. The van der Waals surface area contributed by atoms with E-state index < -0.39 is 0 Å². The Hall–Kier alpha value is -2.33. The van der Waals surface area contributed by atoms with Gasteiger partial charge in [-0.3, -0.25) is 9.59 Å². The average Bonchev–Trinajstić information content (AvgIpc) is 2.49. The third kappa shape index (κ3) is 4.85. The van der Waals surface area contributed by atoms with Gasteiger partial charge in [-0.15, -0.1) is 0 Å². The number of amides is 1. The fourth-order valence-electron chi connectivity index (χ4n) is 2.64. The van der Waals surface area contributed by atoms with E-state index in [1.807, 2.05) is 34.6 Å². The van der Waals surface area contributed by atoms with Crippen LogP contribution in [-0.4, -0.2) is 17.3 Å². The van der Waals surface area contributed by atoms with Crippen LogP contribution in [0.5, 0.6) is 5.75 Å². The molecule has 0 aliphatic carbocycles. The van der Waals surface area contributed by atoms with Crippen LogP contribution in [0.25, 0.3) is 0 Å². The van der Waals surface area contributed by atoms with E-state index in [1.165, 1.54) is 6.92 Å². The molecule has 0 heterocycles. The monoisotopic (exact) mass is 373 g/mol. The van der Waals surface area contributed by atoms with Crippen LogP contribution >= 0.6 is 11.6 Å². The maximum absolute atomic E-state index is 12.6. The third-order valence-corrected chi connectivity index (χ3v) is 4.04. The summed E-state index contributed by atoms with van der Waals surface area (Å²) in [4.78, 5) is 24.1. The first-order valence-corrected chi connectivity index (χ1v) is 8.78. The summed E-state index contributed by atoms with van der Waals surface area (Å²) in [5, 5.41) is 3.23. The fraction of sp³-hybridized carbons (Fsp3) is 0.333. The largest absolute Gasteiger partial charge is 0.486 e. The highest BCUT2D eigenvalue weighted by atomic mass is 35.5. The molecular weight excluding hydrogens is 350 g/mol. The number of hydrogen-bond donors (Lipinski definition) is 1. The minimum atomic E-state index is -0.381. The Labute approximate surface area is 159 Å². The first-order valence-electron chi connectivity index (χ1n) is 8.40. The summed E-state index contributed by atoms with van der Waals surface area (Å²) >= 11 is 6.33. The Kier molecular flexibility index (Phi) is 5.77. The third-order valence-electron chi connectivity index (χ3n) is 3.76. The summed E-state index contributed by atoms with van der Waals surface area (Å²) < 4.78 is 5.87. The Morgan fingerprint density at radius 1 is 1.04 bits per heavy atom. The first-order chi connectivity index (χ1) is 12.0. The van der Waals surface area contributed by atoms with E-state index >= 15 is 0 Å². The number of ether oxygens (including phenoxy) is 1. The van der Waals surface area contributed by atoms with Gasteiger partial charge in [-0.1, -0.05) is 11.6 Å². The second-order valence-electron chi connectivity index (χ2n) is 7.36. The molecule has 0 unspecified atom stereocenters. The summed E-state index contributed by atoms with van der Waals surface area (Å²) in [5.74, 6) is 0.307. The van der Waals surface area contributed by atoms with Crippen LogP contribution < -0.4 is 10.1 Å². The SMILES string of the molecule is CC(=O)c1ccc(NC(=O)c2cc(C)c(OC(C)(C)C)c(Cl)c2)cc1C. The highest BCUT2D eigenvalue weighted by Gasteiger charge is 2.19. The van der Waals surface area contributed by atoms with Crippen molar-refractivity contribution >= 4 is 29.0 Å². The quantitative estimate of drug-likeness (QED) is 0.711. The molecular formula is C21H24ClNO3. The van der Waals surface area contributed by atoms with Gasteiger partial charge in [-0.25, -0.2) is 0 Å². The standard InChI is InChI=1S/C21H24ClNO3/c1-12-10-16(7-8-17(12)14(3)24)23-20(25)15-9-13(2)19(18(22)11-15)26-21(4,5)6/h7-11H,1-6H3,(H,23,25). The molecule has 0 bridgehead atoms. The van der Waals surface area contributed by atoms with E-state index in [1.54, 1.807) is 30.3 Å². The number of benzene rings is 2. The van der Waals surface area contributed by atoms with E-state index in [9.17, 15) is 9.59 Å². The van der Waals surface area contributed by atoms with E-state index in [0.29, 0.717) is 27.6 Å². The fourth-order valence-corrected chi connectivity index (χ4v) is 2.94. The molecule has 1 amide bonds.